The van der Waals surface area contributed by atoms with Crippen molar-refractivity contribution in [1.29, 1.82) is 0 Å². The van der Waals surface area contributed by atoms with Crippen LogP contribution in [0.15, 0.2) is 23.8 Å². The number of hydrogen-bond donors (Lipinski definition) is 0. The minimum absolute atomic E-state index is 0.0654. The van der Waals surface area contributed by atoms with E-state index in [1.807, 2.05) is 0 Å². The summed E-state index contributed by atoms with van der Waals surface area (Å²) in [5.74, 6) is 5.37. The Morgan fingerprint density at radius 3 is 2.41 bits per heavy atom. The third-order valence-electron chi connectivity index (χ3n) is 11.2. The lowest BCUT2D eigenvalue weighted by Gasteiger charge is -2.54. The second-order valence-corrected chi connectivity index (χ2v) is 12.5. The average Bonchev–Trinajstić information content (AvgIpc) is 3.20. The summed E-state index contributed by atoms with van der Waals surface area (Å²) in [6.45, 7) is 14.5. The second kappa shape index (κ2) is 6.33. The first-order chi connectivity index (χ1) is 13.6. The van der Waals surface area contributed by atoms with Gasteiger partial charge in [0.25, 0.3) is 0 Å². The van der Waals surface area contributed by atoms with Gasteiger partial charge in [0.2, 0.25) is 0 Å². The lowest BCUT2D eigenvalue weighted by Crippen LogP contribution is -2.50. The molecule has 5 aliphatic rings. The van der Waals surface area contributed by atoms with Gasteiger partial charge in [-0.1, -0.05) is 59.3 Å². The monoisotopic (exact) mass is 394 g/mol. The van der Waals surface area contributed by atoms with Crippen LogP contribution in [0, 0.1) is 57.7 Å². The van der Waals surface area contributed by atoms with Crippen LogP contribution in [0.25, 0.3) is 0 Å². The van der Waals surface area contributed by atoms with Crippen LogP contribution in [0.2, 0.25) is 0 Å². The molecule has 0 N–H and O–H groups in total. The van der Waals surface area contributed by atoms with Gasteiger partial charge in [-0.05, 0) is 103 Å². The van der Waals surface area contributed by atoms with Crippen molar-refractivity contribution in [2.24, 2.45) is 57.7 Å². The normalized spacial score (nSPS) is 50.0. The molecule has 5 rings (SSSR count). The predicted molar refractivity (Wildman–Crippen MR) is 120 cm³/mol. The van der Waals surface area contributed by atoms with E-state index in [2.05, 4.69) is 59.8 Å². The lowest BCUT2D eigenvalue weighted by molar-refractivity contribution is -0.127. The van der Waals surface area contributed by atoms with Gasteiger partial charge in [0, 0.05) is 5.41 Å². The summed E-state index contributed by atoms with van der Waals surface area (Å²) in [4.78, 5) is 13.4. The van der Waals surface area contributed by atoms with Crippen LogP contribution in [0.3, 0.4) is 0 Å². The van der Waals surface area contributed by atoms with Crippen LogP contribution in [-0.4, -0.2) is 5.78 Å². The Kier molecular flexibility index (Phi) is 4.38. The Balaban J connectivity index is 1.42. The highest BCUT2D eigenvalue weighted by molar-refractivity contribution is 6.00. The number of allylic oxidation sites excluding steroid dienone is 4. The third-order valence-corrected chi connectivity index (χ3v) is 11.2. The highest BCUT2D eigenvalue weighted by Crippen LogP contribution is 2.79. The summed E-state index contributed by atoms with van der Waals surface area (Å²) >= 11 is 0. The van der Waals surface area contributed by atoms with Gasteiger partial charge < -0.3 is 0 Å². The molecule has 0 aromatic heterocycles. The second-order valence-electron chi connectivity index (χ2n) is 12.5. The summed E-state index contributed by atoms with van der Waals surface area (Å²) in [7, 11) is 0. The van der Waals surface area contributed by atoms with E-state index in [-0.39, 0.29) is 10.8 Å². The van der Waals surface area contributed by atoms with Gasteiger partial charge in [-0.15, -0.1) is 0 Å². The van der Waals surface area contributed by atoms with Crippen LogP contribution in [0.4, 0.5) is 0 Å². The molecule has 9 atom stereocenters. The first-order valence-electron chi connectivity index (χ1n) is 12.6. The third kappa shape index (κ3) is 2.48. The smallest absolute Gasteiger partial charge is 0.162 e. The first kappa shape index (κ1) is 20.1. The van der Waals surface area contributed by atoms with E-state index >= 15 is 0 Å². The van der Waals surface area contributed by atoms with Crippen molar-refractivity contribution in [3.8, 4) is 0 Å². The van der Waals surface area contributed by atoms with E-state index in [9.17, 15) is 4.79 Å². The number of fused-ring (bicyclic) bond motifs is 4. The Morgan fingerprint density at radius 2 is 1.72 bits per heavy atom. The van der Waals surface area contributed by atoms with Crippen molar-refractivity contribution >= 4 is 5.78 Å². The maximum Gasteiger partial charge on any atom is 0.162 e. The summed E-state index contributed by atoms with van der Waals surface area (Å²) in [5.41, 5.74) is 2.32. The molecule has 1 heteroatoms. The zero-order valence-electron chi connectivity index (χ0n) is 19.6. The summed E-state index contributed by atoms with van der Waals surface area (Å²) in [6, 6.07) is 0. The fraction of sp³-hybridized carbons (Fsp3) is 0.821. The van der Waals surface area contributed by atoms with E-state index in [4.69, 9.17) is 0 Å². The van der Waals surface area contributed by atoms with E-state index in [1.165, 1.54) is 44.9 Å². The molecule has 4 saturated carbocycles. The lowest BCUT2D eigenvalue weighted by atomic mass is 9.49. The molecule has 5 aliphatic carbocycles. The minimum Gasteiger partial charge on any atom is -0.294 e. The van der Waals surface area contributed by atoms with Gasteiger partial charge in [0.15, 0.2) is 5.78 Å². The summed E-state index contributed by atoms with van der Waals surface area (Å²) in [5, 5.41) is 0. The van der Waals surface area contributed by atoms with Crippen LogP contribution >= 0.6 is 0 Å². The molecule has 4 fully saturated rings. The Hall–Kier alpha value is -0.850. The van der Waals surface area contributed by atoms with Crippen LogP contribution < -0.4 is 0 Å². The standard InChI is InChI=1S/C28H42O/c1-17(2)18(3)7-8-19(4)22-9-10-23-21-15-25(29)28-16-20(28)11-14-27(28,6)24(21)12-13-26(22,23)5/h7-8,15,17-20,22-24H,9-14,16H2,1-6H3/t18-,19+,20?,22+,23-,24-,26+,27+,28?/m0/s1. The number of carbonyl (C=O) groups excluding carboxylic acids is 1. The molecule has 1 nitrogen and oxygen atoms in total. The van der Waals surface area contributed by atoms with Crippen LogP contribution in [0.1, 0.15) is 86.5 Å². The number of ketones is 1. The van der Waals surface area contributed by atoms with Crippen LogP contribution in [0.5, 0.6) is 0 Å². The van der Waals surface area contributed by atoms with E-state index in [1.54, 1.807) is 5.57 Å². The molecule has 0 aromatic rings. The molecule has 29 heavy (non-hydrogen) atoms. The first-order valence-corrected chi connectivity index (χ1v) is 12.6. The molecular formula is C28H42O. The molecule has 160 valence electrons. The number of rotatable bonds is 4. The zero-order chi connectivity index (χ0) is 20.8. The average molecular weight is 395 g/mol. The Morgan fingerprint density at radius 1 is 0.966 bits per heavy atom. The largest absolute Gasteiger partial charge is 0.294 e. The summed E-state index contributed by atoms with van der Waals surface area (Å²) in [6.07, 6.45) is 16.3. The van der Waals surface area contributed by atoms with Crippen molar-refractivity contribution in [2.45, 2.75) is 86.5 Å². The minimum atomic E-state index is 0.0654. The highest BCUT2D eigenvalue weighted by atomic mass is 16.1. The molecule has 0 aliphatic heterocycles. The quantitative estimate of drug-likeness (QED) is 0.460. The van der Waals surface area contributed by atoms with Gasteiger partial charge in [-0.25, -0.2) is 0 Å². The van der Waals surface area contributed by atoms with Gasteiger partial charge in [-0.3, -0.25) is 4.79 Å². The molecule has 0 bridgehead atoms. The van der Waals surface area contributed by atoms with Gasteiger partial charge >= 0.3 is 0 Å². The van der Waals surface area contributed by atoms with Gasteiger partial charge in [0.05, 0.1) is 0 Å². The Labute approximate surface area is 178 Å². The van der Waals surface area contributed by atoms with Gasteiger partial charge in [-0.2, -0.15) is 0 Å². The van der Waals surface area contributed by atoms with Crippen molar-refractivity contribution in [2.75, 3.05) is 0 Å². The maximum atomic E-state index is 13.4. The van der Waals surface area contributed by atoms with Crippen molar-refractivity contribution in [3.63, 3.8) is 0 Å². The highest BCUT2D eigenvalue weighted by Gasteiger charge is 2.76. The maximum absolute atomic E-state index is 13.4. The molecular weight excluding hydrogens is 352 g/mol. The van der Waals surface area contributed by atoms with E-state index < -0.39 is 0 Å². The Bertz CT molecular complexity index is 773. The molecule has 0 radical (unpaired) electrons. The molecule has 0 saturated heterocycles. The predicted octanol–water partition coefficient (Wildman–Crippen LogP) is 7.23. The number of carbonyl (C=O) groups is 1. The molecule has 1 spiro atoms. The van der Waals surface area contributed by atoms with Crippen molar-refractivity contribution in [3.05, 3.63) is 23.8 Å². The molecule has 0 aromatic carbocycles. The molecule has 0 amide bonds. The van der Waals surface area contributed by atoms with Crippen LogP contribution in [-0.2, 0) is 4.79 Å². The number of hydrogen-bond acceptors (Lipinski definition) is 1. The van der Waals surface area contributed by atoms with Crippen molar-refractivity contribution < 1.29 is 4.79 Å². The van der Waals surface area contributed by atoms with Gasteiger partial charge in [0.1, 0.15) is 0 Å². The van der Waals surface area contributed by atoms with Crippen molar-refractivity contribution in [1.82, 2.24) is 0 Å². The van der Waals surface area contributed by atoms with E-state index in [0.717, 1.165) is 11.8 Å². The fourth-order valence-electron chi connectivity index (χ4n) is 8.92. The topological polar surface area (TPSA) is 17.1 Å². The SMILES string of the molecule is CC(C)[C@@H](C)C=C[C@@H](C)[C@H]1CC[C@H]2C3=CC(=O)C45CC4CC[C@]5(C)[C@H]3CC[C@]12C. The summed E-state index contributed by atoms with van der Waals surface area (Å²) < 4.78 is 0. The molecule has 2 unspecified atom stereocenters. The van der Waals surface area contributed by atoms with E-state index in [0.29, 0.717) is 40.8 Å². The zero-order valence-corrected chi connectivity index (χ0v) is 19.6. The molecule has 0 heterocycles. The fourth-order valence-corrected chi connectivity index (χ4v) is 8.92.